The lowest BCUT2D eigenvalue weighted by atomic mass is 10.1. The first-order chi connectivity index (χ1) is 8.81. The van der Waals surface area contributed by atoms with Crippen LogP contribution in [0.15, 0.2) is 35.5 Å². The third-order valence-corrected chi connectivity index (χ3v) is 3.84. The Balaban J connectivity index is 2.32. The number of hydrogen-bond donors (Lipinski definition) is 1. The highest BCUT2D eigenvalue weighted by atomic mass is 32.2. The summed E-state index contributed by atoms with van der Waals surface area (Å²) in [5.74, 6) is 0.919. The Bertz CT molecular complexity index is 697. The molecule has 18 heavy (non-hydrogen) atoms. The summed E-state index contributed by atoms with van der Waals surface area (Å²) in [4.78, 5) is 4.54. The molecule has 1 aromatic heterocycles. The highest BCUT2D eigenvalue weighted by Gasteiger charge is 2.19. The molecule has 1 aliphatic heterocycles. The molecule has 0 atom stereocenters. The van der Waals surface area contributed by atoms with Gasteiger partial charge in [-0.1, -0.05) is 42.1 Å². The van der Waals surface area contributed by atoms with Gasteiger partial charge in [0.25, 0.3) is 0 Å². The van der Waals surface area contributed by atoms with Crippen molar-refractivity contribution in [3.8, 4) is 17.3 Å². The molecule has 0 aliphatic carbocycles. The number of nitriles is 1. The number of nitrogens with one attached hydrogen (secondary N) is 1. The molecule has 0 spiro atoms. The fourth-order valence-corrected chi connectivity index (χ4v) is 2.96. The van der Waals surface area contributed by atoms with Crippen LogP contribution >= 0.6 is 11.8 Å². The van der Waals surface area contributed by atoms with E-state index in [0.29, 0.717) is 11.3 Å². The standard InChI is InChI=1S/C13H10N4S/c14-8-10-11(9-4-2-1-3-5-9)16-13-17(12(10)15)6-7-18-13/h1-5,15H,6-7H2. The van der Waals surface area contributed by atoms with Gasteiger partial charge in [0.1, 0.15) is 17.1 Å². The van der Waals surface area contributed by atoms with Gasteiger partial charge in [0.05, 0.1) is 5.69 Å². The first-order valence-corrected chi connectivity index (χ1v) is 6.57. The molecule has 0 radical (unpaired) electrons. The molecular weight excluding hydrogens is 244 g/mol. The van der Waals surface area contributed by atoms with Gasteiger partial charge >= 0.3 is 0 Å². The largest absolute Gasteiger partial charge is 0.304 e. The molecule has 1 aromatic carbocycles. The van der Waals surface area contributed by atoms with Gasteiger partial charge in [0.2, 0.25) is 0 Å². The molecule has 1 aliphatic rings. The average Bonchev–Trinajstić information content (AvgIpc) is 2.88. The first kappa shape index (κ1) is 11.1. The highest BCUT2D eigenvalue weighted by Crippen LogP contribution is 2.26. The van der Waals surface area contributed by atoms with Gasteiger partial charge in [-0.3, -0.25) is 5.41 Å². The monoisotopic (exact) mass is 254 g/mol. The lowest BCUT2D eigenvalue weighted by molar-refractivity contribution is 0.634. The van der Waals surface area contributed by atoms with E-state index < -0.39 is 0 Å². The number of hydrogen-bond acceptors (Lipinski definition) is 4. The fraction of sp³-hybridized carbons (Fsp3) is 0.154. The minimum atomic E-state index is 0.270. The summed E-state index contributed by atoms with van der Waals surface area (Å²) in [5.41, 5.74) is 2.13. The number of thioether (sulfide) groups is 1. The van der Waals surface area contributed by atoms with E-state index in [1.165, 1.54) is 0 Å². The van der Waals surface area contributed by atoms with Crippen LogP contribution in [0.5, 0.6) is 0 Å². The van der Waals surface area contributed by atoms with Crippen molar-refractivity contribution in [2.24, 2.45) is 0 Å². The molecule has 0 unspecified atom stereocenters. The zero-order valence-electron chi connectivity index (χ0n) is 9.55. The van der Waals surface area contributed by atoms with Crippen molar-refractivity contribution in [3.63, 3.8) is 0 Å². The number of rotatable bonds is 1. The van der Waals surface area contributed by atoms with Crippen LogP contribution in [-0.4, -0.2) is 15.3 Å². The smallest absolute Gasteiger partial charge is 0.170 e. The second kappa shape index (κ2) is 4.31. The Hall–Kier alpha value is -2.06. The van der Waals surface area contributed by atoms with Crippen LogP contribution < -0.4 is 5.49 Å². The molecule has 0 saturated carbocycles. The predicted octanol–water partition coefficient (Wildman–Crippen LogP) is 2.01. The first-order valence-electron chi connectivity index (χ1n) is 5.59. The molecule has 0 bridgehead atoms. The van der Waals surface area contributed by atoms with Crippen molar-refractivity contribution in [1.29, 1.82) is 10.7 Å². The van der Waals surface area contributed by atoms with Crippen molar-refractivity contribution in [2.75, 3.05) is 5.75 Å². The molecule has 0 amide bonds. The third-order valence-electron chi connectivity index (χ3n) is 2.89. The van der Waals surface area contributed by atoms with Crippen LogP contribution in [0.3, 0.4) is 0 Å². The Morgan fingerprint density at radius 3 is 2.83 bits per heavy atom. The molecule has 0 saturated heterocycles. The van der Waals surface area contributed by atoms with Crippen molar-refractivity contribution in [1.82, 2.24) is 9.55 Å². The van der Waals surface area contributed by atoms with Gasteiger partial charge in [0, 0.05) is 17.9 Å². The second-order valence-corrected chi connectivity index (χ2v) is 5.01. The van der Waals surface area contributed by atoms with Crippen molar-refractivity contribution in [3.05, 3.63) is 41.4 Å². The summed E-state index contributed by atoms with van der Waals surface area (Å²) in [6, 6.07) is 11.7. The third kappa shape index (κ3) is 1.62. The molecule has 4 nitrogen and oxygen atoms in total. The van der Waals surface area contributed by atoms with E-state index in [1.807, 2.05) is 30.3 Å². The number of nitrogens with zero attached hydrogens (tertiary/aromatic N) is 3. The van der Waals surface area contributed by atoms with E-state index in [1.54, 1.807) is 16.3 Å². The maximum absolute atomic E-state index is 9.26. The van der Waals surface area contributed by atoms with Crippen LogP contribution in [0.4, 0.5) is 0 Å². The van der Waals surface area contributed by atoms with Gasteiger partial charge in [-0.15, -0.1) is 0 Å². The molecule has 88 valence electrons. The number of fused-ring (bicyclic) bond motifs is 1. The Morgan fingerprint density at radius 2 is 2.11 bits per heavy atom. The van der Waals surface area contributed by atoms with Crippen LogP contribution in [0.1, 0.15) is 5.56 Å². The van der Waals surface area contributed by atoms with E-state index >= 15 is 0 Å². The van der Waals surface area contributed by atoms with Gasteiger partial charge in [-0.25, -0.2) is 4.98 Å². The number of benzene rings is 1. The maximum atomic E-state index is 9.26. The minimum absolute atomic E-state index is 0.270. The molecule has 2 heterocycles. The summed E-state index contributed by atoms with van der Waals surface area (Å²) in [6.07, 6.45) is 0. The SMILES string of the molecule is N#Cc1c(-c2ccccc2)nc2n(c1=N)CCS2. The Labute approximate surface area is 108 Å². The van der Waals surface area contributed by atoms with Crippen molar-refractivity contribution >= 4 is 11.8 Å². The van der Waals surface area contributed by atoms with Crippen molar-refractivity contribution in [2.45, 2.75) is 11.7 Å². The van der Waals surface area contributed by atoms with Crippen molar-refractivity contribution < 1.29 is 0 Å². The summed E-state index contributed by atoms with van der Waals surface area (Å²) in [7, 11) is 0. The quantitative estimate of drug-likeness (QED) is 0.792. The molecule has 3 rings (SSSR count). The fourth-order valence-electron chi connectivity index (χ4n) is 2.01. The average molecular weight is 254 g/mol. The van der Waals surface area contributed by atoms with E-state index in [0.717, 1.165) is 23.0 Å². The zero-order valence-corrected chi connectivity index (χ0v) is 10.4. The van der Waals surface area contributed by atoms with Crippen LogP contribution in [0, 0.1) is 16.7 Å². The van der Waals surface area contributed by atoms with E-state index in [2.05, 4.69) is 11.1 Å². The van der Waals surface area contributed by atoms with Crippen LogP contribution in [0.25, 0.3) is 11.3 Å². The van der Waals surface area contributed by atoms with Gasteiger partial charge in [-0.2, -0.15) is 5.26 Å². The van der Waals surface area contributed by atoms with Gasteiger partial charge in [-0.05, 0) is 0 Å². The molecule has 0 fully saturated rings. The highest BCUT2D eigenvalue weighted by molar-refractivity contribution is 7.99. The number of aromatic nitrogens is 2. The Kier molecular flexibility index (Phi) is 2.65. The van der Waals surface area contributed by atoms with E-state index in [-0.39, 0.29) is 5.49 Å². The maximum Gasteiger partial charge on any atom is 0.170 e. The molecular formula is C13H10N4S. The van der Waals surface area contributed by atoms with Gasteiger partial charge in [0.15, 0.2) is 5.16 Å². The molecule has 2 aromatic rings. The summed E-state index contributed by atoms with van der Waals surface area (Å²) in [5, 5.41) is 18.2. The summed E-state index contributed by atoms with van der Waals surface area (Å²) in [6.45, 7) is 0.760. The van der Waals surface area contributed by atoms with Crippen LogP contribution in [-0.2, 0) is 6.54 Å². The summed E-state index contributed by atoms with van der Waals surface area (Å²) >= 11 is 1.63. The second-order valence-electron chi connectivity index (χ2n) is 3.94. The normalized spacial score (nSPS) is 13.1. The van der Waals surface area contributed by atoms with E-state index in [9.17, 15) is 5.26 Å². The topological polar surface area (TPSA) is 65.5 Å². The molecule has 1 N–H and O–H groups in total. The van der Waals surface area contributed by atoms with Crippen LogP contribution in [0.2, 0.25) is 0 Å². The minimum Gasteiger partial charge on any atom is -0.304 e. The zero-order chi connectivity index (χ0) is 12.5. The van der Waals surface area contributed by atoms with E-state index in [4.69, 9.17) is 5.41 Å². The van der Waals surface area contributed by atoms with Gasteiger partial charge < -0.3 is 4.57 Å². The molecule has 5 heteroatoms. The summed E-state index contributed by atoms with van der Waals surface area (Å²) < 4.78 is 1.80. The lowest BCUT2D eigenvalue weighted by Crippen LogP contribution is -2.24. The lowest BCUT2D eigenvalue weighted by Gasteiger charge is -2.08. The predicted molar refractivity (Wildman–Crippen MR) is 69.0 cm³/mol. The Morgan fingerprint density at radius 1 is 1.33 bits per heavy atom.